The molecule has 1 saturated heterocycles. The highest BCUT2D eigenvalue weighted by Crippen LogP contribution is 2.28. The van der Waals surface area contributed by atoms with Crippen molar-refractivity contribution in [3.63, 3.8) is 0 Å². The van der Waals surface area contributed by atoms with Crippen molar-refractivity contribution < 1.29 is 4.79 Å². The monoisotopic (exact) mass is 292 g/mol. The highest BCUT2D eigenvalue weighted by atomic mass is 32.1. The van der Waals surface area contributed by atoms with E-state index in [9.17, 15) is 4.79 Å². The van der Waals surface area contributed by atoms with Crippen LogP contribution in [0.4, 0.5) is 0 Å². The third-order valence-corrected chi connectivity index (χ3v) is 5.23. The van der Waals surface area contributed by atoms with Crippen molar-refractivity contribution in [2.75, 3.05) is 13.1 Å². The molecule has 2 aromatic rings. The van der Waals surface area contributed by atoms with Crippen LogP contribution >= 0.6 is 22.7 Å². The van der Waals surface area contributed by atoms with Crippen LogP contribution in [0.15, 0.2) is 22.9 Å². The minimum Gasteiger partial charge on any atom is -0.337 e. The van der Waals surface area contributed by atoms with E-state index in [0.717, 1.165) is 35.8 Å². The van der Waals surface area contributed by atoms with E-state index < -0.39 is 0 Å². The molecule has 1 fully saturated rings. The van der Waals surface area contributed by atoms with Gasteiger partial charge in [-0.25, -0.2) is 4.98 Å². The summed E-state index contributed by atoms with van der Waals surface area (Å²) in [4.78, 5) is 20.0. The van der Waals surface area contributed by atoms with Crippen LogP contribution in [-0.4, -0.2) is 28.9 Å². The van der Waals surface area contributed by atoms with Crippen molar-refractivity contribution in [2.45, 2.75) is 25.7 Å². The van der Waals surface area contributed by atoms with Gasteiger partial charge < -0.3 is 4.90 Å². The third kappa shape index (κ3) is 2.87. The molecule has 0 aliphatic carbocycles. The van der Waals surface area contributed by atoms with Gasteiger partial charge in [0.15, 0.2) is 0 Å². The molecule has 0 atom stereocenters. The summed E-state index contributed by atoms with van der Waals surface area (Å²) in [7, 11) is 0. The molecule has 1 aliphatic heterocycles. The van der Waals surface area contributed by atoms with Gasteiger partial charge in [0.05, 0.1) is 4.88 Å². The van der Waals surface area contributed by atoms with E-state index in [1.54, 1.807) is 22.7 Å². The first-order valence-electron chi connectivity index (χ1n) is 6.63. The van der Waals surface area contributed by atoms with E-state index in [0.29, 0.717) is 5.69 Å². The van der Waals surface area contributed by atoms with E-state index in [-0.39, 0.29) is 5.91 Å². The summed E-state index contributed by atoms with van der Waals surface area (Å²) in [5.41, 5.74) is 0.607. The normalized spacial score (nSPS) is 16.3. The van der Waals surface area contributed by atoms with Crippen LogP contribution in [0.25, 0.3) is 9.88 Å². The number of amides is 1. The van der Waals surface area contributed by atoms with Crippen molar-refractivity contribution in [2.24, 2.45) is 0 Å². The van der Waals surface area contributed by atoms with Gasteiger partial charge in [-0.2, -0.15) is 0 Å². The number of thiazole rings is 1. The first-order valence-corrected chi connectivity index (χ1v) is 8.39. The molecule has 0 bridgehead atoms. The Morgan fingerprint density at radius 3 is 2.63 bits per heavy atom. The lowest BCUT2D eigenvalue weighted by Crippen LogP contribution is -2.32. The van der Waals surface area contributed by atoms with Gasteiger partial charge in [-0.3, -0.25) is 4.79 Å². The molecule has 5 heteroatoms. The van der Waals surface area contributed by atoms with E-state index in [1.807, 2.05) is 27.8 Å². The van der Waals surface area contributed by atoms with Crippen molar-refractivity contribution in [3.05, 3.63) is 28.6 Å². The molecule has 3 nitrogen and oxygen atoms in total. The lowest BCUT2D eigenvalue weighted by atomic mass is 10.2. The number of hydrogen-bond acceptors (Lipinski definition) is 4. The quantitative estimate of drug-likeness (QED) is 0.841. The molecule has 0 radical (unpaired) electrons. The van der Waals surface area contributed by atoms with Crippen LogP contribution in [0.1, 0.15) is 36.2 Å². The largest absolute Gasteiger partial charge is 0.337 e. The number of likely N-dealkylation sites (tertiary alicyclic amines) is 1. The maximum atomic E-state index is 12.4. The van der Waals surface area contributed by atoms with Gasteiger partial charge >= 0.3 is 0 Å². The summed E-state index contributed by atoms with van der Waals surface area (Å²) in [6.07, 6.45) is 4.71. The number of carbonyl (C=O) groups excluding carboxylic acids is 1. The van der Waals surface area contributed by atoms with Crippen LogP contribution in [0, 0.1) is 0 Å². The topological polar surface area (TPSA) is 33.2 Å². The van der Waals surface area contributed by atoms with Gasteiger partial charge in [0.2, 0.25) is 0 Å². The molecule has 2 aromatic heterocycles. The molecule has 0 unspecified atom stereocenters. The summed E-state index contributed by atoms with van der Waals surface area (Å²) >= 11 is 3.22. The molecule has 0 spiro atoms. The second-order valence-electron chi connectivity index (χ2n) is 4.72. The molecule has 1 aliphatic rings. The highest BCUT2D eigenvalue weighted by molar-refractivity contribution is 7.20. The smallest absolute Gasteiger partial charge is 0.273 e. The SMILES string of the molecule is O=C(c1csc(-c2cccs2)n1)N1CCCCCC1. The predicted octanol–water partition coefficient (Wildman–Crippen LogP) is 3.89. The molecule has 3 rings (SSSR count). The van der Waals surface area contributed by atoms with Gasteiger partial charge in [0.1, 0.15) is 10.7 Å². The maximum absolute atomic E-state index is 12.4. The molecule has 100 valence electrons. The van der Waals surface area contributed by atoms with Gasteiger partial charge in [0, 0.05) is 18.5 Å². The van der Waals surface area contributed by atoms with E-state index in [4.69, 9.17) is 0 Å². The van der Waals surface area contributed by atoms with Crippen LogP contribution in [0.2, 0.25) is 0 Å². The summed E-state index contributed by atoms with van der Waals surface area (Å²) in [6.45, 7) is 1.76. The summed E-state index contributed by atoms with van der Waals surface area (Å²) in [6, 6.07) is 4.06. The minimum absolute atomic E-state index is 0.0981. The lowest BCUT2D eigenvalue weighted by Gasteiger charge is -2.18. The van der Waals surface area contributed by atoms with Crippen LogP contribution < -0.4 is 0 Å². The Bertz CT molecular complexity index is 540. The molecule has 3 heterocycles. The Balaban J connectivity index is 1.76. The molecule has 0 saturated carbocycles. The van der Waals surface area contributed by atoms with Crippen LogP contribution in [-0.2, 0) is 0 Å². The average Bonchev–Trinajstić information content (AvgIpc) is 3.04. The highest BCUT2D eigenvalue weighted by Gasteiger charge is 2.20. The zero-order chi connectivity index (χ0) is 13.1. The van der Waals surface area contributed by atoms with Crippen molar-refractivity contribution >= 4 is 28.6 Å². The molecular formula is C14H16N2OS2. The van der Waals surface area contributed by atoms with E-state index >= 15 is 0 Å². The Morgan fingerprint density at radius 2 is 1.95 bits per heavy atom. The summed E-state index contributed by atoms with van der Waals surface area (Å²) < 4.78 is 0. The fourth-order valence-corrected chi connectivity index (χ4v) is 3.93. The van der Waals surface area contributed by atoms with Crippen molar-refractivity contribution in [3.8, 4) is 9.88 Å². The molecule has 0 N–H and O–H groups in total. The number of aromatic nitrogens is 1. The Labute approximate surface area is 120 Å². The standard InChI is InChI=1S/C14H16N2OS2/c17-14(16-7-3-1-2-4-8-16)11-10-19-13(15-11)12-6-5-9-18-12/h5-6,9-10H,1-4,7-8H2. The first-order chi connectivity index (χ1) is 9.34. The maximum Gasteiger partial charge on any atom is 0.273 e. The zero-order valence-corrected chi connectivity index (χ0v) is 12.3. The summed E-state index contributed by atoms with van der Waals surface area (Å²) in [5, 5.41) is 4.88. The Morgan fingerprint density at radius 1 is 1.16 bits per heavy atom. The van der Waals surface area contributed by atoms with Gasteiger partial charge in [-0.15, -0.1) is 22.7 Å². The molecule has 1 amide bonds. The van der Waals surface area contributed by atoms with Crippen LogP contribution in [0.5, 0.6) is 0 Å². The Kier molecular flexibility index (Phi) is 3.94. The van der Waals surface area contributed by atoms with Crippen molar-refractivity contribution in [1.82, 2.24) is 9.88 Å². The first kappa shape index (κ1) is 12.8. The predicted molar refractivity (Wildman–Crippen MR) is 79.8 cm³/mol. The fourth-order valence-electron chi connectivity index (χ4n) is 2.32. The third-order valence-electron chi connectivity index (χ3n) is 3.35. The summed E-state index contributed by atoms with van der Waals surface area (Å²) in [5.74, 6) is 0.0981. The second-order valence-corrected chi connectivity index (χ2v) is 6.53. The number of rotatable bonds is 2. The number of thiophene rings is 1. The van der Waals surface area contributed by atoms with Gasteiger partial charge in [0.25, 0.3) is 5.91 Å². The van der Waals surface area contributed by atoms with E-state index in [2.05, 4.69) is 4.98 Å². The molecular weight excluding hydrogens is 276 g/mol. The molecule has 19 heavy (non-hydrogen) atoms. The fraction of sp³-hybridized carbons (Fsp3) is 0.429. The lowest BCUT2D eigenvalue weighted by molar-refractivity contribution is 0.0756. The number of hydrogen-bond donors (Lipinski definition) is 0. The molecule has 0 aromatic carbocycles. The second kappa shape index (κ2) is 5.84. The van der Waals surface area contributed by atoms with E-state index in [1.165, 1.54) is 12.8 Å². The van der Waals surface area contributed by atoms with Gasteiger partial charge in [-0.1, -0.05) is 18.9 Å². The Hall–Kier alpha value is -1.20. The minimum atomic E-state index is 0.0981. The number of nitrogens with zero attached hydrogens (tertiary/aromatic N) is 2. The number of carbonyl (C=O) groups is 1. The van der Waals surface area contributed by atoms with Crippen LogP contribution in [0.3, 0.4) is 0 Å². The zero-order valence-electron chi connectivity index (χ0n) is 10.7. The average molecular weight is 292 g/mol. The van der Waals surface area contributed by atoms with Gasteiger partial charge in [-0.05, 0) is 24.3 Å². The van der Waals surface area contributed by atoms with Crippen molar-refractivity contribution in [1.29, 1.82) is 0 Å².